The molecule has 0 N–H and O–H groups in total. The molecular formula is C13H15NOS. The lowest BCUT2D eigenvalue weighted by atomic mass is 10.1. The fourth-order valence-corrected chi connectivity index (χ4v) is 3.31. The number of thiophene rings is 1. The summed E-state index contributed by atoms with van der Waals surface area (Å²) in [5.74, 6) is 0.283. The topological polar surface area (TPSA) is 20.3 Å². The van der Waals surface area contributed by atoms with E-state index in [9.17, 15) is 4.79 Å². The lowest BCUT2D eigenvalue weighted by Gasteiger charge is -2.22. The van der Waals surface area contributed by atoms with Gasteiger partial charge in [-0.05, 0) is 35.2 Å². The van der Waals surface area contributed by atoms with Gasteiger partial charge in [-0.2, -0.15) is 11.3 Å². The zero-order valence-electron chi connectivity index (χ0n) is 9.19. The van der Waals surface area contributed by atoms with Crippen LogP contribution in [0.3, 0.4) is 0 Å². The Morgan fingerprint density at radius 3 is 2.81 bits per heavy atom. The Kier molecular flexibility index (Phi) is 2.56. The second-order valence-corrected chi connectivity index (χ2v) is 5.37. The second-order valence-electron chi connectivity index (χ2n) is 4.59. The number of hydrogen-bond donors (Lipinski definition) is 0. The summed E-state index contributed by atoms with van der Waals surface area (Å²) in [7, 11) is 0. The van der Waals surface area contributed by atoms with Gasteiger partial charge in [0.2, 0.25) is 0 Å². The number of carbonyl (C=O) groups is 1. The van der Waals surface area contributed by atoms with Crippen molar-refractivity contribution >= 4 is 22.7 Å². The summed E-state index contributed by atoms with van der Waals surface area (Å²) in [6.07, 6.45) is 7.22. The van der Waals surface area contributed by atoms with Gasteiger partial charge in [0.25, 0.3) is 0 Å². The van der Waals surface area contributed by atoms with E-state index >= 15 is 0 Å². The Bertz CT molecular complexity index is 415. The molecule has 1 aliphatic heterocycles. The van der Waals surface area contributed by atoms with Crippen molar-refractivity contribution in [2.75, 3.05) is 6.54 Å². The van der Waals surface area contributed by atoms with Gasteiger partial charge in [0.05, 0.1) is 6.54 Å². The number of hydrogen-bond acceptors (Lipinski definition) is 3. The van der Waals surface area contributed by atoms with Crippen LogP contribution >= 0.6 is 11.3 Å². The van der Waals surface area contributed by atoms with E-state index in [1.807, 2.05) is 11.4 Å². The Balaban J connectivity index is 1.83. The summed E-state index contributed by atoms with van der Waals surface area (Å²) >= 11 is 1.65. The number of ketones is 1. The molecule has 0 aromatic carbocycles. The molecule has 2 aliphatic rings. The predicted octanol–water partition coefficient (Wildman–Crippen LogP) is 2.92. The van der Waals surface area contributed by atoms with Crippen molar-refractivity contribution in [3.63, 3.8) is 0 Å². The van der Waals surface area contributed by atoms with E-state index in [4.69, 9.17) is 0 Å². The molecule has 2 nitrogen and oxygen atoms in total. The monoisotopic (exact) mass is 233 g/mol. The molecule has 1 aliphatic carbocycles. The van der Waals surface area contributed by atoms with E-state index in [1.165, 1.54) is 25.7 Å². The van der Waals surface area contributed by atoms with Gasteiger partial charge in [-0.3, -0.25) is 4.79 Å². The third kappa shape index (κ3) is 1.69. The van der Waals surface area contributed by atoms with Crippen LogP contribution in [0.25, 0.3) is 5.57 Å². The van der Waals surface area contributed by atoms with E-state index in [-0.39, 0.29) is 5.78 Å². The lowest BCUT2D eigenvalue weighted by molar-refractivity contribution is -0.113. The fraction of sp³-hybridized carbons (Fsp3) is 0.462. The molecule has 1 aromatic heterocycles. The zero-order valence-corrected chi connectivity index (χ0v) is 10.0. The van der Waals surface area contributed by atoms with Crippen molar-refractivity contribution in [2.45, 2.75) is 31.7 Å². The minimum atomic E-state index is 0.283. The van der Waals surface area contributed by atoms with Gasteiger partial charge >= 0.3 is 0 Å². The molecule has 0 spiro atoms. The van der Waals surface area contributed by atoms with Gasteiger partial charge in [0, 0.05) is 17.8 Å². The van der Waals surface area contributed by atoms with Crippen LogP contribution in [0.5, 0.6) is 0 Å². The minimum absolute atomic E-state index is 0.283. The van der Waals surface area contributed by atoms with Crippen molar-refractivity contribution in [1.29, 1.82) is 0 Å². The molecule has 3 heteroatoms. The smallest absolute Gasteiger partial charge is 0.184 e. The zero-order chi connectivity index (χ0) is 11.0. The average Bonchev–Trinajstić information content (AvgIpc) is 2.97. The molecule has 0 atom stereocenters. The normalized spacial score (nSPS) is 21.9. The van der Waals surface area contributed by atoms with Crippen LogP contribution in [-0.4, -0.2) is 23.3 Å². The molecule has 16 heavy (non-hydrogen) atoms. The first-order valence-corrected chi connectivity index (χ1v) is 6.82. The van der Waals surface area contributed by atoms with Gasteiger partial charge < -0.3 is 4.90 Å². The lowest BCUT2D eigenvalue weighted by Crippen LogP contribution is -2.28. The highest BCUT2D eigenvalue weighted by atomic mass is 32.1. The molecule has 2 heterocycles. The van der Waals surface area contributed by atoms with Crippen LogP contribution in [0.1, 0.15) is 31.2 Å². The van der Waals surface area contributed by atoms with Crippen LogP contribution < -0.4 is 0 Å². The summed E-state index contributed by atoms with van der Waals surface area (Å²) in [6, 6.07) is 2.65. The molecule has 84 valence electrons. The Hall–Kier alpha value is -1.09. The molecule has 1 aromatic rings. The maximum absolute atomic E-state index is 11.9. The highest BCUT2D eigenvalue weighted by molar-refractivity contribution is 7.08. The quantitative estimate of drug-likeness (QED) is 0.783. The van der Waals surface area contributed by atoms with Gasteiger partial charge in [-0.15, -0.1) is 0 Å². The summed E-state index contributed by atoms with van der Waals surface area (Å²) in [5, 5.41) is 4.09. The van der Waals surface area contributed by atoms with Crippen LogP contribution in [0.4, 0.5) is 0 Å². The fourth-order valence-electron chi connectivity index (χ4n) is 2.66. The maximum atomic E-state index is 11.9. The van der Waals surface area contributed by atoms with E-state index in [1.54, 1.807) is 11.3 Å². The van der Waals surface area contributed by atoms with Crippen LogP contribution in [0, 0.1) is 0 Å². The van der Waals surface area contributed by atoms with Gasteiger partial charge in [-0.25, -0.2) is 0 Å². The first-order valence-electron chi connectivity index (χ1n) is 5.88. The van der Waals surface area contributed by atoms with Crippen molar-refractivity contribution < 1.29 is 4.79 Å². The van der Waals surface area contributed by atoms with E-state index < -0.39 is 0 Å². The molecule has 0 unspecified atom stereocenters. The highest BCUT2D eigenvalue weighted by Gasteiger charge is 2.29. The summed E-state index contributed by atoms with van der Waals surface area (Å²) in [5.41, 5.74) is 2.00. The average molecular weight is 233 g/mol. The van der Waals surface area contributed by atoms with Crippen molar-refractivity contribution in [3.05, 3.63) is 28.6 Å². The number of Topliss-reactive ketones (excluding diaryl/α,β-unsaturated/α-hetero) is 1. The number of carbonyl (C=O) groups excluding carboxylic acids is 1. The number of rotatable bonds is 2. The van der Waals surface area contributed by atoms with Gasteiger partial charge in [0.15, 0.2) is 5.78 Å². The standard InChI is InChI=1S/C13H15NOS/c15-13-8-14(11-3-1-2-4-11)7-12(13)10-5-6-16-9-10/h5-7,9,11H,1-4,8H2. The first-order chi connectivity index (χ1) is 7.84. The predicted molar refractivity (Wildman–Crippen MR) is 66.3 cm³/mol. The molecule has 0 radical (unpaired) electrons. The molecule has 0 amide bonds. The largest absolute Gasteiger partial charge is 0.366 e. The summed E-state index contributed by atoms with van der Waals surface area (Å²) < 4.78 is 0. The Morgan fingerprint density at radius 1 is 1.31 bits per heavy atom. The van der Waals surface area contributed by atoms with Crippen molar-refractivity contribution in [1.82, 2.24) is 4.90 Å². The van der Waals surface area contributed by atoms with E-state index in [0.717, 1.165) is 11.1 Å². The number of nitrogens with zero attached hydrogens (tertiary/aromatic N) is 1. The highest BCUT2D eigenvalue weighted by Crippen LogP contribution is 2.30. The van der Waals surface area contributed by atoms with E-state index in [2.05, 4.69) is 16.5 Å². The summed E-state index contributed by atoms with van der Waals surface area (Å²) in [6.45, 7) is 0.593. The Morgan fingerprint density at radius 2 is 2.12 bits per heavy atom. The van der Waals surface area contributed by atoms with Crippen LogP contribution in [-0.2, 0) is 4.79 Å². The molecule has 0 saturated heterocycles. The molecular weight excluding hydrogens is 218 g/mol. The molecule has 0 bridgehead atoms. The van der Waals surface area contributed by atoms with Gasteiger partial charge in [-0.1, -0.05) is 12.8 Å². The first kappa shape index (κ1) is 10.1. The van der Waals surface area contributed by atoms with E-state index in [0.29, 0.717) is 12.6 Å². The third-order valence-corrected chi connectivity index (χ3v) is 4.23. The Labute approximate surface area is 99.6 Å². The molecule has 1 fully saturated rings. The van der Waals surface area contributed by atoms with Crippen LogP contribution in [0.2, 0.25) is 0 Å². The third-order valence-electron chi connectivity index (χ3n) is 3.55. The van der Waals surface area contributed by atoms with Crippen molar-refractivity contribution in [3.8, 4) is 0 Å². The van der Waals surface area contributed by atoms with Crippen molar-refractivity contribution in [2.24, 2.45) is 0 Å². The minimum Gasteiger partial charge on any atom is -0.366 e. The maximum Gasteiger partial charge on any atom is 0.184 e. The molecule has 3 rings (SSSR count). The second kappa shape index (κ2) is 4.06. The SMILES string of the molecule is O=C1CN(C2CCCC2)C=C1c1ccsc1. The molecule has 1 saturated carbocycles. The van der Waals surface area contributed by atoms with Gasteiger partial charge in [0.1, 0.15) is 0 Å². The summed E-state index contributed by atoms with van der Waals surface area (Å²) in [4.78, 5) is 14.2. The van der Waals surface area contributed by atoms with Crippen LogP contribution in [0.15, 0.2) is 23.0 Å².